The van der Waals surface area contributed by atoms with Gasteiger partial charge in [0.2, 0.25) is 5.78 Å². The predicted molar refractivity (Wildman–Crippen MR) is 71.0 cm³/mol. The maximum atomic E-state index is 12.5. The molecule has 2 rings (SSSR count). The molecule has 0 unspecified atom stereocenters. The first-order valence-corrected chi connectivity index (χ1v) is 6.46. The molecular formula is C13H15N3OS. The highest BCUT2D eigenvalue weighted by Gasteiger charge is 2.27. The van der Waals surface area contributed by atoms with Gasteiger partial charge in [-0.15, -0.1) is 5.10 Å². The second kappa shape index (κ2) is 4.57. The molecule has 0 atom stereocenters. The zero-order valence-corrected chi connectivity index (χ0v) is 11.7. The molecule has 0 aliphatic carbocycles. The third kappa shape index (κ3) is 2.31. The van der Waals surface area contributed by atoms with E-state index in [1.807, 2.05) is 33.8 Å². The molecule has 0 spiro atoms. The molecule has 0 N–H and O–H groups in total. The highest BCUT2D eigenvalue weighted by molar-refractivity contribution is 7.08. The quantitative estimate of drug-likeness (QED) is 0.780. The lowest BCUT2D eigenvalue weighted by Crippen LogP contribution is -2.17. The average Bonchev–Trinajstić information content (AvgIpc) is 2.77. The third-order valence-electron chi connectivity index (χ3n) is 2.69. The van der Waals surface area contributed by atoms with Gasteiger partial charge in [-0.1, -0.05) is 25.3 Å². The maximum Gasteiger partial charge on any atom is 0.208 e. The normalized spacial score (nSPS) is 11.6. The molecule has 0 aromatic carbocycles. The maximum absolute atomic E-state index is 12.5. The molecule has 94 valence electrons. The Morgan fingerprint density at radius 1 is 1.33 bits per heavy atom. The van der Waals surface area contributed by atoms with Gasteiger partial charge in [0.05, 0.1) is 5.69 Å². The Balaban J connectivity index is 2.48. The lowest BCUT2D eigenvalue weighted by atomic mass is 9.89. The number of rotatable bonds is 2. The van der Waals surface area contributed by atoms with Crippen molar-refractivity contribution in [2.45, 2.75) is 33.1 Å². The van der Waals surface area contributed by atoms with E-state index in [9.17, 15) is 4.79 Å². The van der Waals surface area contributed by atoms with Crippen molar-refractivity contribution in [1.29, 1.82) is 0 Å². The number of aryl methyl sites for hydroxylation is 1. The summed E-state index contributed by atoms with van der Waals surface area (Å²) in [6, 6.07) is 1.83. The van der Waals surface area contributed by atoms with Gasteiger partial charge in [0, 0.05) is 23.4 Å². The van der Waals surface area contributed by atoms with Crippen LogP contribution in [0, 0.1) is 6.92 Å². The van der Waals surface area contributed by atoms with E-state index in [-0.39, 0.29) is 11.2 Å². The van der Waals surface area contributed by atoms with Gasteiger partial charge in [-0.25, -0.2) is 0 Å². The second-order valence-corrected chi connectivity index (χ2v) is 5.97. The second-order valence-electron chi connectivity index (χ2n) is 5.22. The SMILES string of the molecule is Cc1ccncc1C(=O)c1snnc1C(C)(C)C. The Bertz CT molecular complexity index is 584. The first-order chi connectivity index (χ1) is 8.41. The molecule has 0 saturated heterocycles. The van der Waals surface area contributed by atoms with Crippen molar-refractivity contribution in [3.05, 3.63) is 40.2 Å². The van der Waals surface area contributed by atoms with Crippen molar-refractivity contribution in [2.75, 3.05) is 0 Å². The van der Waals surface area contributed by atoms with Crippen molar-refractivity contribution in [2.24, 2.45) is 0 Å². The van der Waals surface area contributed by atoms with E-state index < -0.39 is 0 Å². The number of nitrogens with zero attached hydrogens (tertiary/aromatic N) is 3. The lowest BCUT2D eigenvalue weighted by Gasteiger charge is -2.16. The summed E-state index contributed by atoms with van der Waals surface area (Å²) in [7, 11) is 0. The number of hydrogen-bond acceptors (Lipinski definition) is 5. The number of hydrogen-bond donors (Lipinski definition) is 0. The minimum Gasteiger partial charge on any atom is -0.287 e. The van der Waals surface area contributed by atoms with Crippen LogP contribution in [0.1, 0.15) is 47.3 Å². The first-order valence-electron chi connectivity index (χ1n) is 5.69. The molecule has 2 heterocycles. The Hall–Kier alpha value is -1.62. The molecule has 0 aliphatic heterocycles. The zero-order chi connectivity index (χ0) is 13.3. The van der Waals surface area contributed by atoms with E-state index in [2.05, 4.69) is 14.6 Å². The van der Waals surface area contributed by atoms with Gasteiger partial charge < -0.3 is 0 Å². The average molecular weight is 261 g/mol. The molecule has 5 heteroatoms. The standard InChI is InChI=1S/C13H15N3OS/c1-8-5-6-14-7-9(8)10(17)11-12(13(2,3)4)15-16-18-11/h5-7H,1-4H3. The largest absolute Gasteiger partial charge is 0.287 e. The summed E-state index contributed by atoms with van der Waals surface area (Å²) in [5.74, 6) is -0.0412. The van der Waals surface area contributed by atoms with E-state index in [0.717, 1.165) is 22.8 Å². The summed E-state index contributed by atoms with van der Waals surface area (Å²) in [4.78, 5) is 17.1. The molecule has 2 aromatic heterocycles. The van der Waals surface area contributed by atoms with Gasteiger partial charge >= 0.3 is 0 Å². The van der Waals surface area contributed by atoms with Crippen LogP contribution in [0.15, 0.2) is 18.5 Å². The van der Waals surface area contributed by atoms with Gasteiger partial charge in [-0.05, 0) is 30.1 Å². The Kier molecular flexibility index (Phi) is 3.26. The van der Waals surface area contributed by atoms with Crippen LogP contribution in [0.2, 0.25) is 0 Å². The van der Waals surface area contributed by atoms with Crippen molar-refractivity contribution in [3.8, 4) is 0 Å². The smallest absolute Gasteiger partial charge is 0.208 e. The highest BCUT2D eigenvalue weighted by Crippen LogP contribution is 2.28. The van der Waals surface area contributed by atoms with Gasteiger partial charge in [-0.3, -0.25) is 9.78 Å². The molecule has 0 radical (unpaired) electrons. The van der Waals surface area contributed by atoms with Crippen molar-refractivity contribution < 1.29 is 4.79 Å². The van der Waals surface area contributed by atoms with E-state index in [4.69, 9.17) is 0 Å². The summed E-state index contributed by atoms with van der Waals surface area (Å²) in [5, 5.41) is 4.09. The minimum absolute atomic E-state index is 0.0412. The van der Waals surface area contributed by atoms with Crippen molar-refractivity contribution in [1.82, 2.24) is 14.6 Å². The van der Waals surface area contributed by atoms with E-state index in [1.54, 1.807) is 12.4 Å². The van der Waals surface area contributed by atoms with Crippen LogP contribution >= 0.6 is 11.5 Å². The molecule has 18 heavy (non-hydrogen) atoms. The summed E-state index contributed by atoms with van der Waals surface area (Å²) in [6.07, 6.45) is 3.28. The van der Waals surface area contributed by atoms with Crippen LogP contribution < -0.4 is 0 Å². The molecule has 0 fully saturated rings. The van der Waals surface area contributed by atoms with Gasteiger partial charge in [-0.2, -0.15) is 0 Å². The van der Waals surface area contributed by atoms with Crippen LogP contribution in [0.5, 0.6) is 0 Å². The molecule has 2 aromatic rings. The number of aromatic nitrogens is 3. The summed E-state index contributed by atoms with van der Waals surface area (Å²) in [6.45, 7) is 7.98. The van der Waals surface area contributed by atoms with Crippen LogP contribution in [-0.4, -0.2) is 20.4 Å². The first kappa shape index (κ1) is 12.8. The van der Waals surface area contributed by atoms with Crippen molar-refractivity contribution in [3.63, 3.8) is 0 Å². The number of ketones is 1. The Morgan fingerprint density at radius 3 is 2.67 bits per heavy atom. The number of carbonyl (C=O) groups excluding carboxylic acids is 1. The monoisotopic (exact) mass is 261 g/mol. The lowest BCUT2D eigenvalue weighted by molar-refractivity contribution is 0.103. The highest BCUT2D eigenvalue weighted by atomic mass is 32.1. The fourth-order valence-corrected chi connectivity index (χ4v) is 2.48. The van der Waals surface area contributed by atoms with Crippen LogP contribution in [0.4, 0.5) is 0 Å². The topological polar surface area (TPSA) is 55.7 Å². The molecule has 4 nitrogen and oxygen atoms in total. The van der Waals surface area contributed by atoms with E-state index in [0.29, 0.717) is 10.4 Å². The summed E-state index contributed by atoms with van der Waals surface area (Å²) in [5.41, 5.74) is 2.10. The van der Waals surface area contributed by atoms with Crippen LogP contribution in [0.3, 0.4) is 0 Å². The molecule has 0 aliphatic rings. The molecule has 0 amide bonds. The third-order valence-corrected chi connectivity index (χ3v) is 3.41. The summed E-state index contributed by atoms with van der Waals surface area (Å²) < 4.78 is 3.92. The van der Waals surface area contributed by atoms with Crippen molar-refractivity contribution >= 4 is 17.3 Å². The Morgan fingerprint density at radius 2 is 2.06 bits per heavy atom. The fraction of sp³-hybridized carbons (Fsp3) is 0.385. The van der Waals surface area contributed by atoms with Crippen LogP contribution in [-0.2, 0) is 5.41 Å². The number of carbonyl (C=O) groups is 1. The molecule has 0 bridgehead atoms. The van der Waals surface area contributed by atoms with Gasteiger partial charge in [0.25, 0.3) is 0 Å². The molecule has 0 saturated carbocycles. The zero-order valence-electron chi connectivity index (χ0n) is 10.9. The van der Waals surface area contributed by atoms with Gasteiger partial charge in [0.1, 0.15) is 4.88 Å². The molecular weight excluding hydrogens is 246 g/mol. The summed E-state index contributed by atoms with van der Waals surface area (Å²) >= 11 is 1.15. The Labute approximate surface area is 110 Å². The van der Waals surface area contributed by atoms with E-state index in [1.165, 1.54) is 0 Å². The van der Waals surface area contributed by atoms with Gasteiger partial charge in [0.15, 0.2) is 0 Å². The van der Waals surface area contributed by atoms with E-state index >= 15 is 0 Å². The minimum atomic E-state index is -0.186. The number of pyridine rings is 1. The fourth-order valence-electron chi connectivity index (χ4n) is 1.65. The van der Waals surface area contributed by atoms with Crippen LogP contribution in [0.25, 0.3) is 0 Å². The predicted octanol–water partition coefficient (Wildman–Crippen LogP) is 2.77.